The lowest BCUT2D eigenvalue weighted by molar-refractivity contribution is -0.139. The van der Waals surface area contributed by atoms with Crippen molar-refractivity contribution in [2.75, 3.05) is 13.2 Å². The molecule has 2 amide bonds. The summed E-state index contributed by atoms with van der Waals surface area (Å²) in [6.45, 7) is 4.97. The van der Waals surface area contributed by atoms with Gasteiger partial charge >= 0.3 is 0 Å². The van der Waals surface area contributed by atoms with E-state index in [0.717, 1.165) is 25.0 Å². The van der Waals surface area contributed by atoms with Crippen LogP contribution in [0.4, 0.5) is 0 Å². The van der Waals surface area contributed by atoms with Crippen LogP contribution in [0.15, 0.2) is 30.3 Å². The third-order valence-corrected chi connectivity index (χ3v) is 3.98. The topological polar surface area (TPSA) is 58.6 Å². The summed E-state index contributed by atoms with van der Waals surface area (Å²) in [4.78, 5) is 25.7. The van der Waals surface area contributed by atoms with Crippen LogP contribution in [-0.4, -0.2) is 42.0 Å². The molecule has 1 fully saturated rings. The van der Waals surface area contributed by atoms with Crippen molar-refractivity contribution in [3.63, 3.8) is 0 Å². The van der Waals surface area contributed by atoms with Crippen molar-refractivity contribution in [2.45, 2.75) is 45.4 Å². The number of ether oxygens (including phenoxy) is 1. The third-order valence-electron chi connectivity index (χ3n) is 3.98. The van der Waals surface area contributed by atoms with Gasteiger partial charge in [0.15, 0.2) is 0 Å². The van der Waals surface area contributed by atoms with Gasteiger partial charge in [-0.25, -0.2) is 0 Å². The van der Waals surface area contributed by atoms with Crippen LogP contribution in [0.3, 0.4) is 0 Å². The number of nitrogens with zero attached hydrogens (tertiary/aromatic N) is 1. The second-order valence-electron chi connectivity index (χ2n) is 5.69. The Morgan fingerprint density at radius 2 is 2.09 bits per heavy atom. The molecule has 5 heteroatoms. The van der Waals surface area contributed by atoms with Gasteiger partial charge in [-0.1, -0.05) is 30.3 Å². The number of nitrogens with one attached hydrogen (secondary N) is 1. The number of hydrogen-bond acceptors (Lipinski definition) is 3. The zero-order valence-electron chi connectivity index (χ0n) is 13.2. The first kappa shape index (κ1) is 16.5. The number of carbonyl (C=O) groups is 2. The molecule has 1 N–H and O–H groups in total. The zero-order chi connectivity index (χ0) is 15.9. The number of carbonyl (C=O) groups excluding carboxylic acids is 2. The van der Waals surface area contributed by atoms with Gasteiger partial charge in [0, 0.05) is 26.6 Å². The summed E-state index contributed by atoms with van der Waals surface area (Å²) >= 11 is 0. The molecular weight excluding hydrogens is 280 g/mol. The highest BCUT2D eigenvalue weighted by Crippen LogP contribution is 2.12. The van der Waals surface area contributed by atoms with Crippen molar-refractivity contribution in [1.82, 2.24) is 10.2 Å². The highest BCUT2D eigenvalue weighted by molar-refractivity contribution is 5.86. The standard InChI is InChI=1S/C17H24N2O3/c1-13(17(21)18-11-16-9-6-10-22-16)19(14(2)20)12-15-7-4-3-5-8-15/h3-5,7-8,13,16H,6,9-12H2,1-2H3,(H,18,21)/t13-,16+/m1/s1. The normalized spacial score (nSPS) is 18.7. The molecular formula is C17H24N2O3. The van der Waals surface area contributed by atoms with E-state index in [9.17, 15) is 9.59 Å². The van der Waals surface area contributed by atoms with Crippen LogP contribution in [-0.2, 0) is 20.9 Å². The largest absolute Gasteiger partial charge is 0.376 e. The second kappa shape index (κ2) is 7.94. The Morgan fingerprint density at radius 3 is 2.68 bits per heavy atom. The van der Waals surface area contributed by atoms with Crippen LogP contribution in [0.5, 0.6) is 0 Å². The maximum absolute atomic E-state index is 12.3. The first-order valence-electron chi connectivity index (χ1n) is 7.78. The monoisotopic (exact) mass is 304 g/mol. The number of amides is 2. The molecule has 0 aromatic heterocycles. The molecule has 1 heterocycles. The third kappa shape index (κ3) is 4.56. The molecule has 1 aromatic rings. The molecule has 0 spiro atoms. The van der Waals surface area contributed by atoms with Crippen molar-refractivity contribution < 1.29 is 14.3 Å². The van der Waals surface area contributed by atoms with E-state index in [-0.39, 0.29) is 17.9 Å². The molecule has 0 bridgehead atoms. The predicted octanol–water partition coefficient (Wildman–Crippen LogP) is 1.72. The summed E-state index contributed by atoms with van der Waals surface area (Å²) < 4.78 is 5.49. The smallest absolute Gasteiger partial charge is 0.242 e. The van der Waals surface area contributed by atoms with Crippen LogP contribution < -0.4 is 5.32 Å². The van der Waals surface area contributed by atoms with Crippen LogP contribution in [0.2, 0.25) is 0 Å². The average molecular weight is 304 g/mol. The molecule has 1 saturated heterocycles. The molecule has 2 rings (SSSR count). The Morgan fingerprint density at radius 1 is 1.36 bits per heavy atom. The fraction of sp³-hybridized carbons (Fsp3) is 0.529. The van der Waals surface area contributed by atoms with E-state index in [2.05, 4.69) is 5.32 Å². The lowest BCUT2D eigenvalue weighted by Gasteiger charge is -2.27. The Hall–Kier alpha value is -1.88. The maximum atomic E-state index is 12.3. The van der Waals surface area contributed by atoms with E-state index < -0.39 is 6.04 Å². The summed E-state index contributed by atoms with van der Waals surface area (Å²) in [7, 11) is 0. The van der Waals surface area contributed by atoms with Crippen LogP contribution >= 0.6 is 0 Å². The van der Waals surface area contributed by atoms with Gasteiger partial charge < -0.3 is 15.0 Å². The fourth-order valence-corrected chi connectivity index (χ4v) is 2.61. The summed E-state index contributed by atoms with van der Waals surface area (Å²) in [5.41, 5.74) is 1.01. The number of benzene rings is 1. The van der Waals surface area contributed by atoms with E-state index in [1.807, 2.05) is 30.3 Å². The second-order valence-corrected chi connectivity index (χ2v) is 5.69. The lowest BCUT2D eigenvalue weighted by atomic mass is 10.1. The van der Waals surface area contributed by atoms with Crippen molar-refractivity contribution in [2.24, 2.45) is 0 Å². The molecule has 22 heavy (non-hydrogen) atoms. The van der Waals surface area contributed by atoms with Gasteiger partial charge in [0.05, 0.1) is 6.10 Å². The van der Waals surface area contributed by atoms with Crippen LogP contribution in [0.25, 0.3) is 0 Å². The summed E-state index contributed by atoms with van der Waals surface area (Å²) in [6.07, 6.45) is 2.13. The summed E-state index contributed by atoms with van der Waals surface area (Å²) in [5.74, 6) is -0.245. The first-order valence-corrected chi connectivity index (χ1v) is 7.78. The van der Waals surface area contributed by atoms with Gasteiger partial charge in [-0.2, -0.15) is 0 Å². The number of rotatable bonds is 6. The first-order chi connectivity index (χ1) is 10.6. The van der Waals surface area contributed by atoms with Gasteiger partial charge in [0.25, 0.3) is 0 Å². The molecule has 2 atom stereocenters. The predicted molar refractivity (Wildman–Crippen MR) is 84.1 cm³/mol. The van der Waals surface area contributed by atoms with Crippen LogP contribution in [0, 0.1) is 0 Å². The zero-order valence-corrected chi connectivity index (χ0v) is 13.2. The maximum Gasteiger partial charge on any atom is 0.242 e. The Bertz CT molecular complexity index is 498. The van der Waals surface area contributed by atoms with Crippen molar-refractivity contribution in [1.29, 1.82) is 0 Å². The average Bonchev–Trinajstić information content (AvgIpc) is 3.03. The molecule has 5 nitrogen and oxygen atoms in total. The Balaban J connectivity index is 1.91. The lowest BCUT2D eigenvalue weighted by Crippen LogP contribution is -2.48. The minimum atomic E-state index is -0.501. The van der Waals surface area contributed by atoms with E-state index in [1.165, 1.54) is 6.92 Å². The van der Waals surface area contributed by atoms with Crippen molar-refractivity contribution in [3.05, 3.63) is 35.9 Å². The van der Waals surface area contributed by atoms with E-state index in [4.69, 9.17) is 4.74 Å². The SMILES string of the molecule is CC(=O)N(Cc1ccccc1)[C@H](C)C(=O)NC[C@@H]1CCCO1. The van der Waals surface area contributed by atoms with E-state index >= 15 is 0 Å². The van der Waals surface area contributed by atoms with Gasteiger partial charge in [-0.15, -0.1) is 0 Å². The molecule has 0 aliphatic carbocycles. The van der Waals surface area contributed by atoms with Gasteiger partial charge in [0.2, 0.25) is 11.8 Å². The van der Waals surface area contributed by atoms with Gasteiger partial charge in [0.1, 0.15) is 6.04 Å². The minimum absolute atomic E-state index is 0.107. The molecule has 0 saturated carbocycles. The highest BCUT2D eigenvalue weighted by atomic mass is 16.5. The molecule has 0 unspecified atom stereocenters. The van der Waals surface area contributed by atoms with Crippen LogP contribution in [0.1, 0.15) is 32.3 Å². The fourth-order valence-electron chi connectivity index (χ4n) is 2.61. The molecule has 1 aromatic carbocycles. The molecule has 1 aliphatic rings. The van der Waals surface area contributed by atoms with Crippen molar-refractivity contribution in [3.8, 4) is 0 Å². The molecule has 1 aliphatic heterocycles. The van der Waals surface area contributed by atoms with Gasteiger partial charge in [-0.3, -0.25) is 9.59 Å². The van der Waals surface area contributed by atoms with E-state index in [1.54, 1.807) is 11.8 Å². The quantitative estimate of drug-likeness (QED) is 0.870. The van der Waals surface area contributed by atoms with E-state index in [0.29, 0.717) is 13.1 Å². The molecule has 0 radical (unpaired) electrons. The highest BCUT2D eigenvalue weighted by Gasteiger charge is 2.25. The minimum Gasteiger partial charge on any atom is -0.376 e. The summed E-state index contributed by atoms with van der Waals surface area (Å²) in [6, 6.07) is 9.18. The number of hydrogen-bond donors (Lipinski definition) is 1. The van der Waals surface area contributed by atoms with Gasteiger partial charge in [-0.05, 0) is 25.3 Å². The summed E-state index contributed by atoms with van der Waals surface area (Å²) in [5, 5.41) is 2.89. The Kier molecular flexibility index (Phi) is 5.95. The van der Waals surface area contributed by atoms with Crippen molar-refractivity contribution >= 4 is 11.8 Å². The Labute approximate surface area is 131 Å². The molecule has 120 valence electrons.